The number of non-ortho nitro benzene ring substituents is 1. The van der Waals surface area contributed by atoms with Crippen molar-refractivity contribution in [2.75, 3.05) is 6.61 Å². The Balaban J connectivity index is 0.000000373. The predicted octanol–water partition coefficient (Wildman–Crippen LogP) is 2.58. The van der Waals surface area contributed by atoms with Gasteiger partial charge in [0.1, 0.15) is 0 Å². The molecular formula is C16H25NO7. The summed E-state index contributed by atoms with van der Waals surface area (Å²) in [7, 11) is 0. The second-order valence-electron chi connectivity index (χ2n) is 5.65. The fourth-order valence-corrected chi connectivity index (χ4v) is 1.69. The third-order valence-corrected chi connectivity index (χ3v) is 2.80. The van der Waals surface area contributed by atoms with Crippen LogP contribution in [0, 0.1) is 10.1 Å². The van der Waals surface area contributed by atoms with Crippen LogP contribution in [0.25, 0.3) is 0 Å². The van der Waals surface area contributed by atoms with Crippen LogP contribution < -0.4 is 0 Å². The van der Waals surface area contributed by atoms with Crippen LogP contribution in [0.15, 0.2) is 24.3 Å². The third-order valence-electron chi connectivity index (χ3n) is 2.80. The van der Waals surface area contributed by atoms with Crippen LogP contribution in [0.1, 0.15) is 50.4 Å². The lowest BCUT2D eigenvalue weighted by Gasteiger charge is -2.03. The van der Waals surface area contributed by atoms with Gasteiger partial charge in [0.25, 0.3) is 5.69 Å². The van der Waals surface area contributed by atoms with E-state index in [0.29, 0.717) is 6.10 Å². The Kier molecular flexibility index (Phi) is 9.79. The first-order chi connectivity index (χ1) is 11.0. The highest BCUT2D eigenvalue weighted by molar-refractivity contribution is 5.87. The van der Waals surface area contributed by atoms with Gasteiger partial charge in [0.05, 0.1) is 16.6 Å². The maximum Gasteiger partial charge on any atom is 0.335 e. The van der Waals surface area contributed by atoms with Gasteiger partial charge in [0.2, 0.25) is 0 Å². The number of carboxylic acid groups (broad SMARTS) is 1. The molecule has 3 N–H and O–H groups in total. The van der Waals surface area contributed by atoms with Crippen molar-refractivity contribution in [3.63, 3.8) is 0 Å². The lowest BCUT2D eigenvalue weighted by Crippen LogP contribution is -2.15. The number of hydrogen-bond acceptors (Lipinski definition) is 6. The molecule has 1 atom stereocenters. The standard InChI is InChI=1S/C7H5NO4.C6H12O.C3H8O2/c9-7(10)5-1-3-6(4-2-5)8(11)12;1-2-6-4-3-5-7-6;1-3(2,4)5/h1-4H,(H,9,10);6H,2-5H2,1H3;4-5H,1-2H3. The lowest BCUT2D eigenvalue weighted by molar-refractivity contribution is -0.384. The highest BCUT2D eigenvalue weighted by Gasteiger charge is 2.11. The van der Waals surface area contributed by atoms with Crippen LogP contribution in [0.5, 0.6) is 0 Å². The Labute approximate surface area is 140 Å². The van der Waals surface area contributed by atoms with Crippen molar-refractivity contribution < 1.29 is 29.8 Å². The molecule has 24 heavy (non-hydrogen) atoms. The topological polar surface area (TPSA) is 130 Å². The van der Waals surface area contributed by atoms with Gasteiger partial charge in [-0.15, -0.1) is 0 Å². The SMILES string of the molecule is CC(C)(O)O.CCC1CCCO1.O=C(O)c1ccc([N+](=O)[O-])cc1. The van der Waals surface area contributed by atoms with Crippen molar-refractivity contribution in [2.24, 2.45) is 0 Å². The molecule has 0 amide bonds. The van der Waals surface area contributed by atoms with E-state index in [-0.39, 0.29) is 11.3 Å². The number of benzene rings is 1. The van der Waals surface area contributed by atoms with Gasteiger partial charge in [0.15, 0.2) is 5.79 Å². The maximum atomic E-state index is 10.3. The summed E-state index contributed by atoms with van der Waals surface area (Å²) in [6, 6.07) is 4.70. The molecule has 0 aliphatic carbocycles. The molecular weight excluding hydrogens is 318 g/mol. The first-order valence-corrected chi connectivity index (χ1v) is 7.58. The van der Waals surface area contributed by atoms with Crippen molar-refractivity contribution in [1.82, 2.24) is 0 Å². The minimum atomic E-state index is -1.50. The predicted molar refractivity (Wildman–Crippen MR) is 87.8 cm³/mol. The number of nitro groups is 1. The largest absolute Gasteiger partial charge is 0.478 e. The zero-order valence-electron chi connectivity index (χ0n) is 14.1. The number of nitrogens with zero attached hydrogens (tertiary/aromatic N) is 1. The number of nitro benzene ring substituents is 1. The van der Waals surface area contributed by atoms with Crippen molar-refractivity contribution in [3.8, 4) is 0 Å². The van der Waals surface area contributed by atoms with Crippen LogP contribution in [-0.4, -0.2) is 44.7 Å². The molecule has 1 heterocycles. The normalized spacial score (nSPS) is 16.3. The zero-order valence-corrected chi connectivity index (χ0v) is 14.1. The molecule has 1 aliphatic rings. The van der Waals surface area contributed by atoms with Crippen molar-refractivity contribution in [2.45, 2.75) is 51.9 Å². The van der Waals surface area contributed by atoms with Gasteiger partial charge >= 0.3 is 5.97 Å². The average molecular weight is 343 g/mol. The Morgan fingerprint density at radius 3 is 2.08 bits per heavy atom. The molecule has 1 aromatic carbocycles. The molecule has 1 fully saturated rings. The van der Waals surface area contributed by atoms with Gasteiger partial charge in [-0.2, -0.15) is 0 Å². The smallest absolute Gasteiger partial charge is 0.335 e. The molecule has 1 saturated heterocycles. The van der Waals surface area contributed by atoms with Gasteiger partial charge < -0.3 is 20.1 Å². The number of ether oxygens (including phenoxy) is 1. The number of aliphatic hydroxyl groups is 2. The Morgan fingerprint density at radius 1 is 1.33 bits per heavy atom. The van der Waals surface area contributed by atoms with Gasteiger partial charge in [0, 0.05) is 18.7 Å². The molecule has 1 unspecified atom stereocenters. The van der Waals surface area contributed by atoms with Gasteiger partial charge in [-0.3, -0.25) is 10.1 Å². The summed E-state index contributed by atoms with van der Waals surface area (Å²) >= 11 is 0. The molecule has 0 aromatic heterocycles. The Morgan fingerprint density at radius 2 is 1.83 bits per heavy atom. The van der Waals surface area contributed by atoms with Gasteiger partial charge in [-0.05, 0) is 45.2 Å². The molecule has 0 spiro atoms. The molecule has 2 rings (SSSR count). The fraction of sp³-hybridized carbons (Fsp3) is 0.562. The van der Waals surface area contributed by atoms with E-state index in [4.69, 9.17) is 20.1 Å². The van der Waals surface area contributed by atoms with Crippen LogP contribution in [0.2, 0.25) is 0 Å². The first-order valence-electron chi connectivity index (χ1n) is 7.58. The summed E-state index contributed by atoms with van der Waals surface area (Å²) in [4.78, 5) is 19.9. The summed E-state index contributed by atoms with van der Waals surface area (Å²) in [5.74, 6) is -2.59. The van der Waals surface area contributed by atoms with E-state index < -0.39 is 16.7 Å². The number of aromatic carboxylic acids is 1. The minimum absolute atomic E-state index is 0.0422. The second-order valence-corrected chi connectivity index (χ2v) is 5.65. The van der Waals surface area contributed by atoms with E-state index in [0.717, 1.165) is 18.7 Å². The molecule has 1 aliphatic heterocycles. The van der Waals surface area contributed by atoms with Crippen molar-refractivity contribution in [1.29, 1.82) is 0 Å². The number of carbonyl (C=O) groups is 1. The van der Waals surface area contributed by atoms with Crippen LogP contribution in [-0.2, 0) is 4.74 Å². The summed E-state index contributed by atoms with van der Waals surface area (Å²) in [5, 5.41) is 34.7. The monoisotopic (exact) mass is 343 g/mol. The quantitative estimate of drug-likeness (QED) is 0.437. The first kappa shape index (κ1) is 22.0. The lowest BCUT2D eigenvalue weighted by atomic mass is 10.2. The van der Waals surface area contributed by atoms with Crippen LogP contribution in [0.4, 0.5) is 5.69 Å². The van der Waals surface area contributed by atoms with Crippen molar-refractivity contribution >= 4 is 11.7 Å². The summed E-state index contributed by atoms with van der Waals surface area (Å²) in [6.07, 6.45) is 4.36. The average Bonchev–Trinajstić information content (AvgIpc) is 2.99. The number of rotatable bonds is 3. The molecule has 0 radical (unpaired) electrons. The van der Waals surface area contributed by atoms with E-state index in [1.807, 2.05) is 0 Å². The molecule has 8 nitrogen and oxygen atoms in total. The highest BCUT2D eigenvalue weighted by atomic mass is 16.6. The molecule has 136 valence electrons. The van der Waals surface area contributed by atoms with E-state index in [1.165, 1.54) is 45.2 Å². The minimum Gasteiger partial charge on any atom is -0.478 e. The number of carboxylic acids is 1. The molecule has 0 bridgehead atoms. The highest BCUT2D eigenvalue weighted by Crippen LogP contribution is 2.13. The molecule has 8 heteroatoms. The zero-order chi connectivity index (χ0) is 18.8. The summed E-state index contributed by atoms with van der Waals surface area (Å²) in [5.41, 5.74) is -0.0689. The van der Waals surface area contributed by atoms with E-state index in [9.17, 15) is 14.9 Å². The Hall–Kier alpha value is -2.03. The van der Waals surface area contributed by atoms with Gasteiger partial charge in [-0.1, -0.05) is 6.92 Å². The van der Waals surface area contributed by atoms with Crippen LogP contribution >= 0.6 is 0 Å². The maximum absolute atomic E-state index is 10.3. The summed E-state index contributed by atoms with van der Waals surface area (Å²) in [6.45, 7) is 5.77. The molecule has 1 aromatic rings. The van der Waals surface area contributed by atoms with E-state index >= 15 is 0 Å². The number of hydrogen-bond donors (Lipinski definition) is 3. The van der Waals surface area contributed by atoms with Gasteiger partial charge in [-0.25, -0.2) is 4.79 Å². The summed E-state index contributed by atoms with van der Waals surface area (Å²) < 4.78 is 5.30. The second kappa shape index (κ2) is 10.7. The third kappa shape index (κ3) is 11.5. The molecule has 0 saturated carbocycles. The fourth-order valence-electron chi connectivity index (χ4n) is 1.69. The van der Waals surface area contributed by atoms with Crippen molar-refractivity contribution in [3.05, 3.63) is 39.9 Å². The van der Waals surface area contributed by atoms with Crippen LogP contribution in [0.3, 0.4) is 0 Å². The van der Waals surface area contributed by atoms with E-state index in [2.05, 4.69) is 6.92 Å². The Bertz CT molecular complexity index is 463. The van der Waals surface area contributed by atoms with E-state index in [1.54, 1.807) is 0 Å².